The van der Waals surface area contributed by atoms with Gasteiger partial charge in [-0.25, -0.2) is 9.78 Å². The largest absolute Gasteiger partial charge is 0.464 e. The molecule has 3 atom stereocenters. The van der Waals surface area contributed by atoms with Gasteiger partial charge in [0.2, 0.25) is 5.82 Å². The number of nitro groups is 1. The summed E-state index contributed by atoms with van der Waals surface area (Å²) >= 11 is 0. The molecule has 0 spiro atoms. The molecule has 7 heteroatoms. The minimum Gasteiger partial charge on any atom is -0.464 e. The lowest BCUT2D eigenvalue weighted by Crippen LogP contribution is -2.25. The van der Waals surface area contributed by atoms with Crippen LogP contribution in [0.25, 0.3) is 0 Å². The van der Waals surface area contributed by atoms with Gasteiger partial charge < -0.3 is 10.1 Å². The minimum absolute atomic E-state index is 0.0595. The minimum atomic E-state index is -0.610. The molecule has 1 aliphatic carbocycles. The number of hydrogen-bond acceptors (Lipinski definition) is 6. The number of anilines is 1. The summed E-state index contributed by atoms with van der Waals surface area (Å²) in [5.74, 6) is 0.480. The molecule has 1 aromatic rings. The lowest BCUT2D eigenvalue weighted by atomic mass is 9.98. The Labute approximate surface area is 122 Å². The average Bonchev–Trinajstić information content (AvgIpc) is 2.78. The second kappa shape index (κ2) is 6.07. The molecule has 0 amide bonds. The van der Waals surface area contributed by atoms with Gasteiger partial charge in [-0.2, -0.15) is 0 Å². The average molecular weight is 293 g/mol. The van der Waals surface area contributed by atoms with Crippen molar-refractivity contribution in [2.45, 2.75) is 32.7 Å². The van der Waals surface area contributed by atoms with Gasteiger partial charge in [-0.3, -0.25) is 10.1 Å². The molecule has 114 valence electrons. The van der Waals surface area contributed by atoms with Gasteiger partial charge in [-0.15, -0.1) is 0 Å². The number of hydrogen-bond donors (Lipinski definition) is 1. The number of ether oxygens (including phenoxy) is 1. The highest BCUT2D eigenvalue weighted by atomic mass is 16.6. The Hall–Kier alpha value is -2.18. The summed E-state index contributed by atoms with van der Waals surface area (Å²) in [5.41, 5.74) is -0.0706. The monoisotopic (exact) mass is 293 g/mol. The highest BCUT2D eigenvalue weighted by Crippen LogP contribution is 2.34. The fraction of sp³-hybridized carbons (Fsp3) is 0.571. The smallest absolute Gasteiger partial charge is 0.356 e. The van der Waals surface area contributed by atoms with E-state index in [1.807, 2.05) is 0 Å². The Morgan fingerprint density at radius 1 is 1.43 bits per heavy atom. The van der Waals surface area contributed by atoms with Gasteiger partial charge in [-0.05, 0) is 30.7 Å². The highest BCUT2D eigenvalue weighted by molar-refractivity contribution is 5.88. The molecule has 0 aliphatic heterocycles. The second-order valence-corrected chi connectivity index (χ2v) is 5.48. The topological polar surface area (TPSA) is 94.4 Å². The third kappa shape index (κ3) is 3.12. The van der Waals surface area contributed by atoms with Crippen molar-refractivity contribution >= 4 is 17.5 Å². The number of nitrogens with one attached hydrogen (secondary N) is 1. The molecule has 0 aromatic carbocycles. The molecule has 0 radical (unpaired) electrons. The predicted molar refractivity (Wildman–Crippen MR) is 77.2 cm³/mol. The van der Waals surface area contributed by atoms with Gasteiger partial charge in [0.05, 0.1) is 12.0 Å². The van der Waals surface area contributed by atoms with Gasteiger partial charge in [0.25, 0.3) is 0 Å². The number of rotatable bonds is 4. The normalized spacial score (nSPS) is 24.6. The molecular weight excluding hydrogens is 274 g/mol. The fourth-order valence-corrected chi connectivity index (χ4v) is 2.67. The van der Waals surface area contributed by atoms with Crippen molar-refractivity contribution in [1.82, 2.24) is 4.98 Å². The molecule has 7 nitrogen and oxygen atoms in total. The maximum absolute atomic E-state index is 11.5. The lowest BCUT2D eigenvalue weighted by Gasteiger charge is -2.20. The quantitative estimate of drug-likeness (QED) is 0.521. The van der Waals surface area contributed by atoms with Crippen molar-refractivity contribution in [2.75, 3.05) is 12.4 Å². The molecule has 1 aromatic heterocycles. The Kier molecular flexibility index (Phi) is 4.40. The molecule has 0 saturated heterocycles. The zero-order valence-electron chi connectivity index (χ0n) is 12.3. The summed E-state index contributed by atoms with van der Waals surface area (Å²) in [5, 5.41) is 14.2. The van der Waals surface area contributed by atoms with Gasteiger partial charge in [-0.1, -0.05) is 13.8 Å². The second-order valence-electron chi connectivity index (χ2n) is 5.48. The van der Waals surface area contributed by atoms with Gasteiger partial charge in [0, 0.05) is 12.1 Å². The fourth-order valence-electron chi connectivity index (χ4n) is 2.67. The third-order valence-corrected chi connectivity index (χ3v) is 4.25. The number of esters is 1. The third-order valence-electron chi connectivity index (χ3n) is 4.25. The molecule has 1 fully saturated rings. The van der Waals surface area contributed by atoms with Crippen LogP contribution in [-0.2, 0) is 4.74 Å². The van der Waals surface area contributed by atoms with E-state index in [1.165, 1.54) is 19.2 Å². The number of nitrogens with zero attached hydrogens (tertiary/aromatic N) is 2. The van der Waals surface area contributed by atoms with Crippen LogP contribution < -0.4 is 5.32 Å². The van der Waals surface area contributed by atoms with E-state index in [-0.39, 0.29) is 23.2 Å². The standard InChI is InChI=1S/C14H19N3O4/c1-8-4-5-10(9(8)2)15-13-12(17(19)20)7-6-11(16-13)14(18)21-3/h6-10H,4-5H2,1-3H3,(H,15,16). The lowest BCUT2D eigenvalue weighted by molar-refractivity contribution is -0.384. The Morgan fingerprint density at radius 3 is 2.67 bits per heavy atom. The summed E-state index contributed by atoms with van der Waals surface area (Å²) in [6, 6.07) is 2.71. The predicted octanol–water partition coefficient (Wildman–Crippen LogP) is 2.62. The number of carbonyl (C=O) groups is 1. The molecule has 1 saturated carbocycles. The zero-order valence-corrected chi connectivity index (χ0v) is 12.3. The zero-order chi connectivity index (χ0) is 15.6. The van der Waals surface area contributed by atoms with Gasteiger partial charge in [0.1, 0.15) is 0 Å². The van der Waals surface area contributed by atoms with E-state index < -0.39 is 10.9 Å². The van der Waals surface area contributed by atoms with E-state index >= 15 is 0 Å². The molecule has 1 heterocycles. The van der Waals surface area contributed by atoms with E-state index in [0.717, 1.165) is 12.8 Å². The summed E-state index contributed by atoms with van der Waals surface area (Å²) in [6.45, 7) is 4.28. The molecule has 2 rings (SSSR count). The first-order valence-corrected chi connectivity index (χ1v) is 6.94. The maximum atomic E-state index is 11.5. The summed E-state index contributed by atoms with van der Waals surface area (Å²) in [7, 11) is 1.25. The summed E-state index contributed by atoms with van der Waals surface area (Å²) in [6.07, 6.45) is 2.01. The molecule has 1 aliphatic rings. The highest BCUT2D eigenvalue weighted by Gasteiger charge is 2.31. The number of methoxy groups -OCH3 is 1. The number of carbonyl (C=O) groups excluding carboxylic acids is 1. The van der Waals surface area contributed by atoms with Crippen molar-refractivity contribution in [3.63, 3.8) is 0 Å². The van der Waals surface area contributed by atoms with E-state index in [2.05, 4.69) is 28.9 Å². The Balaban J connectivity index is 2.30. The summed E-state index contributed by atoms with van der Waals surface area (Å²) in [4.78, 5) is 26.2. The Bertz CT molecular complexity index is 561. The van der Waals surface area contributed by atoms with Crippen LogP contribution in [0.15, 0.2) is 12.1 Å². The van der Waals surface area contributed by atoms with Crippen molar-refractivity contribution in [3.05, 3.63) is 27.9 Å². The first-order valence-electron chi connectivity index (χ1n) is 6.94. The van der Waals surface area contributed by atoms with Crippen LogP contribution in [0, 0.1) is 22.0 Å². The van der Waals surface area contributed by atoms with Gasteiger partial charge in [0.15, 0.2) is 5.69 Å². The van der Waals surface area contributed by atoms with Crippen LogP contribution in [0.2, 0.25) is 0 Å². The van der Waals surface area contributed by atoms with Crippen LogP contribution in [0.5, 0.6) is 0 Å². The van der Waals surface area contributed by atoms with E-state index in [9.17, 15) is 14.9 Å². The van der Waals surface area contributed by atoms with Gasteiger partial charge >= 0.3 is 11.7 Å². The van der Waals surface area contributed by atoms with Crippen molar-refractivity contribution in [3.8, 4) is 0 Å². The van der Waals surface area contributed by atoms with E-state index in [4.69, 9.17) is 0 Å². The van der Waals surface area contributed by atoms with Crippen molar-refractivity contribution < 1.29 is 14.5 Å². The number of pyridine rings is 1. The molecule has 21 heavy (non-hydrogen) atoms. The van der Waals surface area contributed by atoms with E-state index in [1.54, 1.807) is 0 Å². The first-order chi connectivity index (χ1) is 9.93. The van der Waals surface area contributed by atoms with Crippen molar-refractivity contribution in [2.24, 2.45) is 11.8 Å². The van der Waals surface area contributed by atoms with Crippen LogP contribution in [0.4, 0.5) is 11.5 Å². The number of aromatic nitrogens is 1. The molecule has 3 unspecified atom stereocenters. The molecule has 1 N–H and O–H groups in total. The summed E-state index contributed by atoms with van der Waals surface area (Å²) < 4.78 is 4.60. The Morgan fingerprint density at radius 2 is 2.14 bits per heavy atom. The molecular formula is C14H19N3O4. The van der Waals surface area contributed by atoms with Crippen molar-refractivity contribution in [1.29, 1.82) is 0 Å². The SMILES string of the molecule is COC(=O)c1ccc([N+](=O)[O-])c(NC2CCC(C)C2C)n1. The van der Waals surface area contributed by atoms with E-state index in [0.29, 0.717) is 11.8 Å². The first kappa shape index (κ1) is 15.2. The maximum Gasteiger partial charge on any atom is 0.356 e. The van der Waals surface area contributed by atoms with Crippen LogP contribution in [0.3, 0.4) is 0 Å². The van der Waals surface area contributed by atoms with Crippen LogP contribution >= 0.6 is 0 Å². The molecule has 0 bridgehead atoms. The van der Waals surface area contributed by atoms with Crippen LogP contribution in [0.1, 0.15) is 37.2 Å². The van der Waals surface area contributed by atoms with Crippen LogP contribution in [-0.4, -0.2) is 29.0 Å².